The van der Waals surface area contributed by atoms with Gasteiger partial charge in [-0.2, -0.15) is 4.72 Å². The SMILES string of the molecule is COc1cc(Cl)ccc1S(=O)(=O)N[C@H](c1n[nH]c(=O)o1)[C@H](C)c1cccc(C)c1F. The molecule has 2 atom stereocenters. The molecule has 1 aromatic heterocycles. The van der Waals surface area contributed by atoms with Gasteiger partial charge in [-0.3, -0.25) is 0 Å². The number of methoxy groups -OCH3 is 1. The van der Waals surface area contributed by atoms with Gasteiger partial charge in [-0.25, -0.2) is 22.7 Å². The fraction of sp³-hybridized carbons (Fsp3) is 0.263. The largest absolute Gasteiger partial charge is 0.495 e. The van der Waals surface area contributed by atoms with Crippen molar-refractivity contribution in [2.45, 2.75) is 30.7 Å². The first-order valence-electron chi connectivity index (χ1n) is 8.80. The van der Waals surface area contributed by atoms with Crippen LogP contribution in [0.25, 0.3) is 0 Å². The summed E-state index contributed by atoms with van der Waals surface area (Å²) in [7, 11) is -2.90. The standard InChI is InChI=1S/C19H19ClFN3O5S/c1-10-5-4-6-13(16(10)21)11(2)17(18-22-23-19(25)29-18)24-30(26,27)15-8-7-12(20)9-14(15)28-3/h4-9,11,17,24H,1-3H3,(H,23,25)/t11-,17+/m1/s1. The topological polar surface area (TPSA) is 114 Å². The number of sulfonamides is 1. The highest BCUT2D eigenvalue weighted by molar-refractivity contribution is 7.89. The van der Waals surface area contributed by atoms with E-state index in [1.807, 2.05) is 0 Å². The normalized spacial score (nSPS) is 13.8. The van der Waals surface area contributed by atoms with Gasteiger partial charge in [-0.15, -0.1) is 5.10 Å². The lowest BCUT2D eigenvalue weighted by Crippen LogP contribution is -2.33. The van der Waals surface area contributed by atoms with Crippen molar-refractivity contribution < 1.29 is 22.0 Å². The first kappa shape index (κ1) is 22.0. The van der Waals surface area contributed by atoms with Gasteiger partial charge in [0, 0.05) is 17.0 Å². The summed E-state index contributed by atoms with van der Waals surface area (Å²) in [5.41, 5.74) is 0.625. The van der Waals surface area contributed by atoms with Crippen LogP contribution in [0, 0.1) is 12.7 Å². The molecule has 0 amide bonds. The molecule has 0 saturated carbocycles. The molecule has 0 aliphatic carbocycles. The lowest BCUT2D eigenvalue weighted by Gasteiger charge is -2.23. The van der Waals surface area contributed by atoms with Gasteiger partial charge in [0.2, 0.25) is 15.9 Å². The maximum atomic E-state index is 14.7. The maximum Gasteiger partial charge on any atom is 0.434 e. The molecule has 0 aliphatic rings. The molecule has 160 valence electrons. The number of nitrogens with one attached hydrogen (secondary N) is 2. The van der Waals surface area contributed by atoms with Crippen LogP contribution in [0.15, 0.2) is 50.5 Å². The Bertz CT molecular complexity index is 1220. The van der Waals surface area contributed by atoms with E-state index in [0.717, 1.165) is 0 Å². The Balaban J connectivity index is 2.08. The van der Waals surface area contributed by atoms with Crippen molar-refractivity contribution in [1.29, 1.82) is 0 Å². The maximum absolute atomic E-state index is 14.7. The Labute approximate surface area is 177 Å². The summed E-state index contributed by atoms with van der Waals surface area (Å²) in [6, 6.07) is 7.61. The zero-order valence-corrected chi connectivity index (χ0v) is 17.8. The Morgan fingerprint density at radius 3 is 2.67 bits per heavy atom. The van der Waals surface area contributed by atoms with Crippen LogP contribution in [0.4, 0.5) is 4.39 Å². The van der Waals surface area contributed by atoms with E-state index < -0.39 is 33.6 Å². The minimum Gasteiger partial charge on any atom is -0.495 e. The van der Waals surface area contributed by atoms with Gasteiger partial charge in [0.25, 0.3) is 0 Å². The van der Waals surface area contributed by atoms with Gasteiger partial charge in [0.05, 0.1) is 7.11 Å². The van der Waals surface area contributed by atoms with Gasteiger partial charge in [-0.05, 0) is 30.2 Å². The molecule has 3 rings (SSSR count). The fourth-order valence-corrected chi connectivity index (χ4v) is 4.62. The van der Waals surface area contributed by atoms with Gasteiger partial charge in [0.1, 0.15) is 22.5 Å². The van der Waals surface area contributed by atoms with Gasteiger partial charge >= 0.3 is 5.76 Å². The number of aryl methyl sites for hydroxylation is 1. The summed E-state index contributed by atoms with van der Waals surface area (Å²) in [6.45, 7) is 3.19. The Hall–Kier alpha value is -2.69. The van der Waals surface area contributed by atoms with E-state index in [1.165, 1.54) is 31.4 Å². The van der Waals surface area contributed by atoms with Crippen LogP contribution in [-0.4, -0.2) is 25.7 Å². The zero-order chi connectivity index (χ0) is 22.1. The van der Waals surface area contributed by atoms with Crippen molar-refractivity contribution in [3.05, 3.63) is 74.8 Å². The molecule has 0 saturated heterocycles. The molecule has 11 heteroatoms. The van der Waals surface area contributed by atoms with E-state index in [-0.39, 0.29) is 27.1 Å². The number of aromatic amines is 1. The first-order chi connectivity index (χ1) is 14.1. The van der Waals surface area contributed by atoms with E-state index in [1.54, 1.807) is 26.0 Å². The fourth-order valence-electron chi connectivity index (χ4n) is 3.04. The molecule has 2 N–H and O–H groups in total. The number of benzene rings is 2. The molecule has 0 unspecified atom stereocenters. The van der Waals surface area contributed by atoms with Crippen molar-refractivity contribution in [2.24, 2.45) is 0 Å². The average molecular weight is 456 g/mol. The van der Waals surface area contributed by atoms with E-state index in [9.17, 15) is 17.6 Å². The number of hydrogen-bond acceptors (Lipinski definition) is 6. The van der Waals surface area contributed by atoms with Crippen molar-refractivity contribution in [1.82, 2.24) is 14.9 Å². The highest BCUT2D eigenvalue weighted by atomic mass is 35.5. The molecule has 1 heterocycles. The summed E-state index contributed by atoms with van der Waals surface area (Å²) in [4.78, 5) is 11.3. The van der Waals surface area contributed by atoms with E-state index >= 15 is 0 Å². The molecule has 0 radical (unpaired) electrons. The third kappa shape index (κ3) is 4.40. The third-order valence-corrected chi connectivity index (χ3v) is 6.35. The smallest absolute Gasteiger partial charge is 0.434 e. The number of hydrogen-bond donors (Lipinski definition) is 2. The molecule has 30 heavy (non-hydrogen) atoms. The monoisotopic (exact) mass is 455 g/mol. The van der Waals surface area contributed by atoms with Gasteiger partial charge in [-0.1, -0.05) is 36.7 Å². The molecule has 0 spiro atoms. The number of nitrogens with zero attached hydrogens (tertiary/aromatic N) is 1. The summed E-state index contributed by atoms with van der Waals surface area (Å²) < 4.78 is 53.5. The van der Waals surface area contributed by atoms with E-state index in [4.69, 9.17) is 20.8 Å². The van der Waals surface area contributed by atoms with Crippen molar-refractivity contribution in [3.63, 3.8) is 0 Å². The predicted molar refractivity (Wildman–Crippen MR) is 108 cm³/mol. The van der Waals surface area contributed by atoms with E-state index in [0.29, 0.717) is 5.56 Å². The number of ether oxygens (including phenoxy) is 1. The van der Waals surface area contributed by atoms with Crippen molar-refractivity contribution in [3.8, 4) is 5.75 Å². The minimum atomic E-state index is -4.21. The summed E-state index contributed by atoms with van der Waals surface area (Å²) in [5.74, 6) is -2.34. The molecular weight excluding hydrogens is 437 g/mol. The van der Waals surface area contributed by atoms with Crippen LogP contribution in [-0.2, 0) is 10.0 Å². The van der Waals surface area contributed by atoms with Crippen LogP contribution in [0.1, 0.15) is 35.9 Å². The van der Waals surface area contributed by atoms with Crippen LogP contribution < -0.4 is 15.2 Å². The third-order valence-electron chi connectivity index (χ3n) is 4.63. The van der Waals surface area contributed by atoms with E-state index in [2.05, 4.69) is 14.9 Å². The Morgan fingerprint density at radius 1 is 1.30 bits per heavy atom. The summed E-state index contributed by atoms with van der Waals surface area (Å²) >= 11 is 5.91. The first-order valence-corrected chi connectivity index (χ1v) is 10.7. The molecule has 2 aromatic carbocycles. The van der Waals surface area contributed by atoms with Crippen LogP contribution in [0.3, 0.4) is 0 Å². The van der Waals surface area contributed by atoms with Crippen molar-refractivity contribution >= 4 is 21.6 Å². The number of halogens is 2. The number of aromatic nitrogens is 2. The lowest BCUT2D eigenvalue weighted by atomic mass is 9.92. The average Bonchev–Trinajstić information content (AvgIpc) is 3.13. The number of H-pyrrole nitrogens is 1. The summed E-state index contributed by atoms with van der Waals surface area (Å²) in [6.07, 6.45) is 0. The molecule has 3 aromatic rings. The molecule has 0 bridgehead atoms. The van der Waals surface area contributed by atoms with Crippen LogP contribution in [0.2, 0.25) is 5.02 Å². The number of rotatable bonds is 7. The summed E-state index contributed by atoms with van der Waals surface area (Å²) in [5, 5.41) is 6.13. The quantitative estimate of drug-likeness (QED) is 0.565. The molecule has 0 aliphatic heterocycles. The molecule has 0 fully saturated rings. The van der Waals surface area contributed by atoms with Gasteiger partial charge < -0.3 is 9.15 Å². The van der Waals surface area contributed by atoms with Crippen LogP contribution in [0.5, 0.6) is 5.75 Å². The zero-order valence-electron chi connectivity index (χ0n) is 16.3. The minimum absolute atomic E-state index is 0.0200. The highest BCUT2D eigenvalue weighted by Gasteiger charge is 2.33. The highest BCUT2D eigenvalue weighted by Crippen LogP contribution is 2.34. The van der Waals surface area contributed by atoms with Crippen LogP contribution >= 0.6 is 11.6 Å². The predicted octanol–water partition coefficient (Wildman–Crippen LogP) is 3.30. The molecular formula is C19H19ClFN3O5S. The second-order valence-corrected chi connectivity index (χ2v) is 8.73. The molecule has 8 nitrogen and oxygen atoms in total. The van der Waals surface area contributed by atoms with Crippen molar-refractivity contribution in [2.75, 3.05) is 7.11 Å². The Morgan fingerprint density at radius 2 is 2.03 bits per heavy atom. The Kier molecular flexibility index (Phi) is 6.30. The lowest BCUT2D eigenvalue weighted by molar-refractivity contribution is 0.375. The van der Waals surface area contributed by atoms with Gasteiger partial charge in [0.15, 0.2) is 0 Å². The second kappa shape index (κ2) is 8.58. The second-order valence-electron chi connectivity index (χ2n) is 6.61.